The number of aryl methyl sites for hydroxylation is 1. The van der Waals surface area contributed by atoms with E-state index in [0.717, 1.165) is 12.1 Å². The van der Waals surface area contributed by atoms with Crippen molar-refractivity contribution in [3.63, 3.8) is 0 Å². The number of aromatic nitrogens is 2. The highest BCUT2D eigenvalue weighted by Gasteiger charge is 2.30. The second-order valence-corrected chi connectivity index (χ2v) is 4.48. The van der Waals surface area contributed by atoms with Crippen LogP contribution in [-0.4, -0.2) is 9.97 Å². The van der Waals surface area contributed by atoms with Gasteiger partial charge in [-0.25, -0.2) is 4.98 Å². The Labute approximate surface area is 117 Å². The molecule has 0 fully saturated rings. The summed E-state index contributed by atoms with van der Waals surface area (Å²) in [5.41, 5.74) is 5.64. The Morgan fingerprint density at radius 2 is 2.00 bits per heavy atom. The molecule has 0 bridgehead atoms. The zero-order valence-corrected chi connectivity index (χ0v) is 11.0. The molecular weight excluding hydrogens is 293 g/mol. The average Bonchev–Trinajstić information content (AvgIpc) is 2.35. The normalized spacial score (nSPS) is 11.4. The van der Waals surface area contributed by atoms with Gasteiger partial charge < -0.3 is 11.1 Å². The SMILES string of the molecule is Cc1cnc(N)nc1Nc1ccc(C(F)(F)F)cc1Cl. The molecule has 0 saturated heterocycles. The molecule has 3 N–H and O–H groups in total. The molecule has 0 aliphatic rings. The Hall–Kier alpha value is -2.02. The van der Waals surface area contributed by atoms with Crippen molar-refractivity contribution >= 4 is 29.1 Å². The summed E-state index contributed by atoms with van der Waals surface area (Å²) in [7, 11) is 0. The van der Waals surface area contributed by atoms with Gasteiger partial charge in [0.2, 0.25) is 5.95 Å². The predicted molar refractivity (Wildman–Crippen MR) is 70.9 cm³/mol. The maximum atomic E-state index is 12.5. The minimum atomic E-state index is -4.43. The Morgan fingerprint density at radius 1 is 1.30 bits per heavy atom. The zero-order chi connectivity index (χ0) is 14.9. The van der Waals surface area contributed by atoms with Gasteiger partial charge in [-0.1, -0.05) is 11.6 Å². The van der Waals surface area contributed by atoms with E-state index in [9.17, 15) is 13.2 Å². The van der Waals surface area contributed by atoms with Crippen LogP contribution in [-0.2, 0) is 6.18 Å². The first-order chi connectivity index (χ1) is 9.27. The minimum Gasteiger partial charge on any atom is -0.368 e. The predicted octanol–water partition coefficient (Wildman–Crippen LogP) is 3.78. The molecule has 0 atom stereocenters. The summed E-state index contributed by atoms with van der Waals surface area (Å²) in [6.07, 6.45) is -2.93. The Kier molecular flexibility index (Phi) is 3.71. The third kappa shape index (κ3) is 3.11. The van der Waals surface area contributed by atoms with Gasteiger partial charge in [0.1, 0.15) is 5.82 Å². The van der Waals surface area contributed by atoms with Crippen molar-refractivity contribution in [3.8, 4) is 0 Å². The van der Waals surface area contributed by atoms with Crippen molar-refractivity contribution < 1.29 is 13.2 Å². The number of benzene rings is 1. The van der Waals surface area contributed by atoms with E-state index in [1.54, 1.807) is 6.92 Å². The number of nitrogens with zero attached hydrogens (tertiary/aromatic N) is 2. The maximum Gasteiger partial charge on any atom is 0.416 e. The fourth-order valence-electron chi connectivity index (χ4n) is 1.50. The van der Waals surface area contributed by atoms with Crippen LogP contribution >= 0.6 is 11.6 Å². The summed E-state index contributed by atoms with van der Waals surface area (Å²) in [6.45, 7) is 1.74. The number of hydrogen-bond acceptors (Lipinski definition) is 4. The topological polar surface area (TPSA) is 63.8 Å². The zero-order valence-electron chi connectivity index (χ0n) is 10.3. The fourth-order valence-corrected chi connectivity index (χ4v) is 1.73. The van der Waals surface area contributed by atoms with Gasteiger partial charge in [-0.3, -0.25) is 0 Å². The molecule has 1 aromatic heterocycles. The van der Waals surface area contributed by atoms with Gasteiger partial charge in [0.25, 0.3) is 0 Å². The molecule has 2 rings (SSSR count). The third-order valence-corrected chi connectivity index (χ3v) is 2.85. The van der Waals surface area contributed by atoms with Crippen LogP contribution in [0.4, 0.5) is 30.6 Å². The highest BCUT2D eigenvalue weighted by Crippen LogP contribution is 2.34. The first-order valence-electron chi connectivity index (χ1n) is 5.50. The van der Waals surface area contributed by atoms with E-state index in [1.807, 2.05) is 0 Å². The van der Waals surface area contributed by atoms with E-state index < -0.39 is 11.7 Å². The van der Waals surface area contributed by atoms with E-state index in [4.69, 9.17) is 17.3 Å². The summed E-state index contributed by atoms with van der Waals surface area (Å²) in [4.78, 5) is 7.75. The molecule has 0 spiro atoms. The summed E-state index contributed by atoms with van der Waals surface area (Å²) in [5.74, 6) is 0.445. The lowest BCUT2D eigenvalue weighted by Crippen LogP contribution is -2.06. The highest BCUT2D eigenvalue weighted by molar-refractivity contribution is 6.33. The summed E-state index contributed by atoms with van der Waals surface area (Å²) < 4.78 is 37.6. The number of alkyl halides is 3. The smallest absolute Gasteiger partial charge is 0.368 e. The first-order valence-corrected chi connectivity index (χ1v) is 5.88. The van der Waals surface area contributed by atoms with Gasteiger partial charge >= 0.3 is 6.18 Å². The second kappa shape index (κ2) is 5.16. The molecule has 0 amide bonds. The number of hydrogen-bond donors (Lipinski definition) is 2. The standard InChI is InChI=1S/C12H10ClF3N4/c1-6-5-18-11(17)20-10(6)19-9-3-2-7(4-8(9)13)12(14,15)16/h2-5H,1H3,(H3,17,18,19,20). The van der Waals surface area contributed by atoms with Gasteiger partial charge in [-0.05, 0) is 25.1 Å². The Balaban J connectivity index is 2.33. The van der Waals surface area contributed by atoms with Crippen molar-refractivity contribution in [1.82, 2.24) is 9.97 Å². The number of halogens is 4. The van der Waals surface area contributed by atoms with Crippen LogP contribution in [0.25, 0.3) is 0 Å². The Bertz CT molecular complexity index is 643. The molecule has 2 aromatic rings. The minimum absolute atomic E-state index is 0.0566. The van der Waals surface area contributed by atoms with Crippen molar-refractivity contribution in [2.75, 3.05) is 11.1 Å². The molecular formula is C12H10ClF3N4. The lowest BCUT2D eigenvalue weighted by molar-refractivity contribution is -0.137. The van der Waals surface area contributed by atoms with E-state index in [0.29, 0.717) is 17.1 Å². The molecule has 0 radical (unpaired) electrons. The lowest BCUT2D eigenvalue weighted by atomic mass is 10.2. The molecule has 8 heteroatoms. The third-order valence-electron chi connectivity index (χ3n) is 2.54. The van der Waals surface area contributed by atoms with Crippen LogP contribution in [0.2, 0.25) is 5.02 Å². The summed E-state index contributed by atoms with van der Waals surface area (Å²) in [5, 5.41) is 2.77. The second-order valence-electron chi connectivity index (χ2n) is 4.08. The van der Waals surface area contributed by atoms with Gasteiger partial charge in [-0.2, -0.15) is 18.2 Å². The quantitative estimate of drug-likeness (QED) is 0.886. The molecule has 0 aliphatic heterocycles. The van der Waals surface area contributed by atoms with Crippen molar-refractivity contribution in [2.24, 2.45) is 0 Å². The molecule has 0 saturated carbocycles. The summed E-state index contributed by atoms with van der Waals surface area (Å²) >= 11 is 5.84. The van der Waals surface area contributed by atoms with E-state index in [-0.39, 0.29) is 11.0 Å². The van der Waals surface area contributed by atoms with E-state index in [2.05, 4.69) is 15.3 Å². The van der Waals surface area contributed by atoms with Gasteiger partial charge in [0.15, 0.2) is 0 Å². The molecule has 0 aliphatic carbocycles. The number of nitrogen functional groups attached to an aromatic ring is 1. The van der Waals surface area contributed by atoms with Gasteiger partial charge in [-0.15, -0.1) is 0 Å². The van der Waals surface area contributed by atoms with Crippen molar-refractivity contribution in [1.29, 1.82) is 0 Å². The van der Waals surface area contributed by atoms with E-state index in [1.165, 1.54) is 12.3 Å². The van der Waals surface area contributed by atoms with E-state index >= 15 is 0 Å². The molecule has 20 heavy (non-hydrogen) atoms. The van der Waals surface area contributed by atoms with Gasteiger partial charge in [0, 0.05) is 11.8 Å². The largest absolute Gasteiger partial charge is 0.416 e. The maximum absolute atomic E-state index is 12.5. The number of nitrogens with one attached hydrogen (secondary N) is 1. The number of nitrogens with two attached hydrogens (primary N) is 1. The molecule has 1 aromatic carbocycles. The van der Waals surface area contributed by atoms with Crippen LogP contribution < -0.4 is 11.1 Å². The first kappa shape index (κ1) is 14.4. The van der Waals surface area contributed by atoms with Crippen LogP contribution in [0.1, 0.15) is 11.1 Å². The number of anilines is 3. The molecule has 1 heterocycles. The van der Waals surface area contributed by atoms with Crippen LogP contribution in [0, 0.1) is 6.92 Å². The van der Waals surface area contributed by atoms with Crippen molar-refractivity contribution in [3.05, 3.63) is 40.5 Å². The fraction of sp³-hybridized carbons (Fsp3) is 0.167. The monoisotopic (exact) mass is 302 g/mol. The van der Waals surface area contributed by atoms with Gasteiger partial charge in [0.05, 0.1) is 16.3 Å². The highest BCUT2D eigenvalue weighted by atomic mass is 35.5. The Morgan fingerprint density at radius 3 is 2.60 bits per heavy atom. The van der Waals surface area contributed by atoms with Crippen LogP contribution in [0.3, 0.4) is 0 Å². The van der Waals surface area contributed by atoms with Crippen LogP contribution in [0.15, 0.2) is 24.4 Å². The van der Waals surface area contributed by atoms with Crippen LogP contribution in [0.5, 0.6) is 0 Å². The molecule has 4 nitrogen and oxygen atoms in total. The molecule has 0 unspecified atom stereocenters. The molecule has 106 valence electrons. The average molecular weight is 303 g/mol. The van der Waals surface area contributed by atoms with Crippen molar-refractivity contribution in [2.45, 2.75) is 13.1 Å². The lowest BCUT2D eigenvalue weighted by Gasteiger charge is -2.12. The number of rotatable bonds is 2. The summed E-state index contributed by atoms with van der Waals surface area (Å²) in [6, 6.07) is 3.03.